The van der Waals surface area contributed by atoms with E-state index in [1.165, 1.54) is 0 Å². The number of benzene rings is 4. The Labute approximate surface area is 205 Å². The smallest absolute Gasteiger partial charge is 0.227 e. The number of nitrogens with zero attached hydrogens (tertiary/aromatic N) is 2. The van der Waals surface area contributed by atoms with E-state index in [4.69, 9.17) is 32.0 Å². The van der Waals surface area contributed by atoms with Gasteiger partial charge in [-0.25, -0.2) is 9.97 Å². The SMILES string of the molecule is Clc1ccc2oc(-c3ccc(/C=C/c4ccc(-c5nc6ccc(Cl)cc6o5)cc4)cc3)nc2c1. The average molecular weight is 483 g/mol. The number of hydrogen-bond donors (Lipinski definition) is 0. The van der Waals surface area contributed by atoms with E-state index in [9.17, 15) is 0 Å². The molecular formula is C28H16Cl2N2O2. The van der Waals surface area contributed by atoms with E-state index in [1.54, 1.807) is 24.3 Å². The molecule has 6 aromatic rings. The minimum absolute atomic E-state index is 0.574. The van der Waals surface area contributed by atoms with E-state index in [2.05, 4.69) is 22.1 Å². The Bertz CT molecular complexity index is 1540. The van der Waals surface area contributed by atoms with Crippen LogP contribution in [0.4, 0.5) is 0 Å². The lowest BCUT2D eigenvalue weighted by Crippen LogP contribution is -1.79. The van der Waals surface area contributed by atoms with Gasteiger partial charge >= 0.3 is 0 Å². The Hall–Kier alpha value is -3.86. The highest BCUT2D eigenvalue weighted by Gasteiger charge is 2.09. The lowest BCUT2D eigenvalue weighted by Gasteiger charge is -1.99. The zero-order valence-corrected chi connectivity index (χ0v) is 19.2. The van der Waals surface area contributed by atoms with Crippen molar-refractivity contribution in [1.82, 2.24) is 9.97 Å². The van der Waals surface area contributed by atoms with Gasteiger partial charge in [0.2, 0.25) is 11.8 Å². The molecule has 6 rings (SSSR count). The number of hydrogen-bond acceptors (Lipinski definition) is 4. The van der Waals surface area contributed by atoms with Crippen LogP contribution in [0.25, 0.3) is 57.3 Å². The van der Waals surface area contributed by atoms with Crippen LogP contribution in [0.3, 0.4) is 0 Å². The maximum absolute atomic E-state index is 6.04. The summed E-state index contributed by atoms with van der Waals surface area (Å²) in [4.78, 5) is 9.07. The summed E-state index contributed by atoms with van der Waals surface area (Å²) < 4.78 is 11.7. The summed E-state index contributed by atoms with van der Waals surface area (Å²) in [6.07, 6.45) is 4.12. The molecule has 0 radical (unpaired) electrons. The van der Waals surface area contributed by atoms with Crippen LogP contribution >= 0.6 is 23.2 Å². The molecule has 4 nitrogen and oxygen atoms in total. The van der Waals surface area contributed by atoms with Gasteiger partial charge in [0.1, 0.15) is 11.0 Å². The first kappa shape index (κ1) is 20.7. The molecule has 4 aromatic carbocycles. The molecule has 0 saturated heterocycles. The average Bonchev–Trinajstić information content (AvgIpc) is 3.47. The van der Waals surface area contributed by atoms with Crippen LogP contribution in [0.5, 0.6) is 0 Å². The molecular weight excluding hydrogens is 467 g/mol. The van der Waals surface area contributed by atoms with Crippen molar-refractivity contribution in [2.24, 2.45) is 0 Å². The van der Waals surface area contributed by atoms with Crippen molar-refractivity contribution >= 4 is 57.6 Å². The maximum Gasteiger partial charge on any atom is 0.227 e. The summed E-state index contributed by atoms with van der Waals surface area (Å²) in [5.41, 5.74) is 6.89. The zero-order chi connectivity index (χ0) is 23.1. The molecule has 2 aromatic heterocycles. The van der Waals surface area contributed by atoms with E-state index in [0.29, 0.717) is 33.0 Å². The van der Waals surface area contributed by atoms with Crippen molar-refractivity contribution < 1.29 is 8.83 Å². The molecule has 2 heterocycles. The van der Waals surface area contributed by atoms with E-state index in [-0.39, 0.29) is 0 Å². The molecule has 0 unspecified atom stereocenters. The molecule has 34 heavy (non-hydrogen) atoms. The first-order valence-electron chi connectivity index (χ1n) is 10.6. The second-order valence-electron chi connectivity index (χ2n) is 7.84. The highest BCUT2D eigenvalue weighted by Crippen LogP contribution is 2.28. The lowest BCUT2D eigenvalue weighted by molar-refractivity contribution is 0.619. The summed E-state index contributed by atoms with van der Waals surface area (Å²) in [6, 6.07) is 27.0. The third kappa shape index (κ3) is 4.10. The molecule has 0 aliphatic rings. The van der Waals surface area contributed by atoms with Gasteiger partial charge in [-0.2, -0.15) is 0 Å². The van der Waals surface area contributed by atoms with Crippen molar-refractivity contribution in [2.75, 3.05) is 0 Å². The van der Waals surface area contributed by atoms with Gasteiger partial charge in [-0.05, 0) is 65.7 Å². The van der Waals surface area contributed by atoms with E-state index >= 15 is 0 Å². The summed E-state index contributed by atoms with van der Waals surface area (Å²) >= 11 is 12.1. The van der Waals surface area contributed by atoms with Gasteiger partial charge in [0, 0.05) is 27.2 Å². The normalized spacial score (nSPS) is 11.7. The first-order chi connectivity index (χ1) is 16.6. The van der Waals surface area contributed by atoms with Crippen LogP contribution in [0.2, 0.25) is 10.0 Å². The van der Waals surface area contributed by atoms with Crippen LogP contribution in [0, 0.1) is 0 Å². The van der Waals surface area contributed by atoms with Gasteiger partial charge in [-0.15, -0.1) is 0 Å². The summed E-state index contributed by atoms with van der Waals surface area (Å²) in [6.45, 7) is 0. The molecule has 0 spiro atoms. The fourth-order valence-electron chi connectivity index (χ4n) is 3.71. The van der Waals surface area contributed by atoms with Crippen LogP contribution in [0.15, 0.2) is 93.8 Å². The molecule has 6 heteroatoms. The predicted molar refractivity (Wildman–Crippen MR) is 138 cm³/mol. The molecule has 164 valence electrons. The van der Waals surface area contributed by atoms with Crippen LogP contribution < -0.4 is 0 Å². The van der Waals surface area contributed by atoms with Crippen molar-refractivity contribution in [3.05, 3.63) is 106 Å². The monoisotopic (exact) mass is 482 g/mol. The fraction of sp³-hybridized carbons (Fsp3) is 0. The van der Waals surface area contributed by atoms with Crippen molar-refractivity contribution in [1.29, 1.82) is 0 Å². The lowest BCUT2D eigenvalue weighted by atomic mass is 10.1. The molecule has 0 saturated carbocycles. The Morgan fingerprint density at radius 2 is 1.06 bits per heavy atom. The Morgan fingerprint density at radius 1 is 0.529 bits per heavy atom. The number of rotatable bonds is 4. The number of oxazole rings is 2. The number of aromatic nitrogens is 2. The molecule has 0 aliphatic carbocycles. The van der Waals surface area contributed by atoms with Crippen molar-refractivity contribution in [3.63, 3.8) is 0 Å². The second-order valence-corrected chi connectivity index (χ2v) is 8.71. The van der Waals surface area contributed by atoms with E-state index in [0.717, 1.165) is 33.3 Å². The van der Waals surface area contributed by atoms with Gasteiger partial charge in [0.15, 0.2) is 11.2 Å². The van der Waals surface area contributed by atoms with E-state index in [1.807, 2.05) is 60.7 Å². The summed E-state index contributed by atoms with van der Waals surface area (Å²) in [5, 5.41) is 1.27. The number of halogens is 2. The van der Waals surface area contributed by atoms with Gasteiger partial charge in [-0.1, -0.05) is 59.6 Å². The molecule has 0 N–H and O–H groups in total. The Balaban J connectivity index is 1.18. The quantitative estimate of drug-likeness (QED) is 0.235. The van der Waals surface area contributed by atoms with Crippen LogP contribution in [-0.2, 0) is 0 Å². The fourth-order valence-corrected chi connectivity index (χ4v) is 4.04. The van der Waals surface area contributed by atoms with Crippen molar-refractivity contribution in [2.45, 2.75) is 0 Å². The largest absolute Gasteiger partial charge is 0.436 e. The summed E-state index contributed by atoms with van der Waals surface area (Å²) in [5.74, 6) is 1.15. The third-order valence-electron chi connectivity index (χ3n) is 5.48. The third-order valence-corrected chi connectivity index (χ3v) is 5.95. The predicted octanol–water partition coefficient (Wildman–Crippen LogP) is 8.78. The van der Waals surface area contributed by atoms with Gasteiger partial charge in [0.25, 0.3) is 0 Å². The molecule has 0 bridgehead atoms. The van der Waals surface area contributed by atoms with Crippen molar-refractivity contribution in [3.8, 4) is 22.9 Å². The summed E-state index contributed by atoms with van der Waals surface area (Å²) in [7, 11) is 0. The topological polar surface area (TPSA) is 52.1 Å². The first-order valence-corrected chi connectivity index (χ1v) is 11.4. The minimum atomic E-state index is 0.574. The van der Waals surface area contributed by atoms with Gasteiger partial charge in [-0.3, -0.25) is 0 Å². The number of fused-ring (bicyclic) bond motifs is 2. The van der Waals surface area contributed by atoms with Crippen LogP contribution in [-0.4, -0.2) is 9.97 Å². The minimum Gasteiger partial charge on any atom is -0.436 e. The second kappa shape index (κ2) is 8.49. The maximum atomic E-state index is 6.04. The highest BCUT2D eigenvalue weighted by molar-refractivity contribution is 6.31. The molecule has 0 fully saturated rings. The molecule has 0 atom stereocenters. The Morgan fingerprint density at radius 3 is 1.71 bits per heavy atom. The highest BCUT2D eigenvalue weighted by atomic mass is 35.5. The molecule has 0 aliphatic heterocycles. The standard InChI is InChI=1S/C28H16Cl2N2O2/c29-21-12-14-25-24(15-21)32-28(33-25)20-9-5-18(6-10-20)2-1-17-3-7-19(8-4-17)27-31-23-13-11-22(30)16-26(23)34-27/h1-16H/b2-1+. The molecule has 0 amide bonds. The Kier molecular flexibility index (Phi) is 5.17. The van der Waals surface area contributed by atoms with Gasteiger partial charge < -0.3 is 8.83 Å². The van der Waals surface area contributed by atoms with Crippen LogP contribution in [0.1, 0.15) is 11.1 Å². The zero-order valence-electron chi connectivity index (χ0n) is 17.7. The van der Waals surface area contributed by atoms with Gasteiger partial charge in [0.05, 0.1) is 0 Å². The van der Waals surface area contributed by atoms with E-state index < -0.39 is 0 Å².